The summed E-state index contributed by atoms with van der Waals surface area (Å²) in [5.74, 6) is 0.341. The molecule has 3 aromatic carbocycles. The summed E-state index contributed by atoms with van der Waals surface area (Å²) in [6.45, 7) is 9.88. The largest absolute Gasteiger partial charge is 0.483 e. The van der Waals surface area contributed by atoms with Crippen LogP contribution in [0.2, 0.25) is 10.0 Å². The predicted octanol–water partition coefficient (Wildman–Crippen LogP) is 7.81. The van der Waals surface area contributed by atoms with Gasteiger partial charge in [0.25, 0.3) is 5.91 Å². The average molecular weight is 634 g/mol. The van der Waals surface area contributed by atoms with Crippen molar-refractivity contribution < 1.29 is 14.3 Å². The van der Waals surface area contributed by atoms with Crippen molar-refractivity contribution in [1.82, 2.24) is 10.2 Å². The van der Waals surface area contributed by atoms with Gasteiger partial charge < -0.3 is 15.0 Å². The van der Waals surface area contributed by atoms with Crippen LogP contribution in [-0.2, 0) is 22.6 Å². The van der Waals surface area contributed by atoms with E-state index in [9.17, 15) is 9.59 Å². The van der Waals surface area contributed by atoms with E-state index < -0.39 is 11.6 Å². The SMILES string of the molecule is CC(C)c1ccc(OCC(=O)N(Cc2ccc(Cl)c(Cl)c2)[C@H](Cc2ccccc2)C(=O)NC(C)(C)C)c(Br)c1. The number of nitrogens with zero attached hydrogens (tertiary/aromatic N) is 1. The van der Waals surface area contributed by atoms with Crippen molar-refractivity contribution in [2.45, 2.75) is 65.1 Å². The number of carbonyl (C=O) groups is 2. The molecule has 1 atom stereocenters. The van der Waals surface area contributed by atoms with Gasteiger partial charge in [0, 0.05) is 18.5 Å². The monoisotopic (exact) mass is 632 g/mol. The van der Waals surface area contributed by atoms with Crippen LogP contribution in [0.3, 0.4) is 0 Å². The summed E-state index contributed by atoms with van der Waals surface area (Å²) in [4.78, 5) is 29.0. The number of rotatable bonds is 10. The number of hydrogen-bond acceptors (Lipinski definition) is 3. The van der Waals surface area contributed by atoms with E-state index in [1.165, 1.54) is 0 Å². The Morgan fingerprint density at radius 3 is 2.23 bits per heavy atom. The van der Waals surface area contributed by atoms with E-state index in [0.717, 1.165) is 21.2 Å². The van der Waals surface area contributed by atoms with Gasteiger partial charge in [0.1, 0.15) is 11.8 Å². The molecule has 3 aromatic rings. The standard InChI is InChI=1S/C31H35BrCl2N2O3/c1-20(2)23-12-14-28(24(32)17-23)39-19-29(37)36(18-22-11-13-25(33)26(34)15-22)27(30(38)35-31(3,4)5)16-21-9-7-6-8-10-21/h6-15,17,20,27H,16,18-19H2,1-5H3,(H,35,38)/t27-/m1/s1. The third kappa shape index (κ3) is 9.26. The number of benzene rings is 3. The maximum absolute atomic E-state index is 13.8. The van der Waals surface area contributed by atoms with Crippen LogP contribution in [0, 0.1) is 0 Å². The Kier molecular flexibility index (Phi) is 10.9. The molecule has 0 saturated carbocycles. The van der Waals surface area contributed by atoms with Crippen molar-refractivity contribution in [2.24, 2.45) is 0 Å². The molecule has 0 bridgehead atoms. The lowest BCUT2D eigenvalue weighted by molar-refractivity contribution is -0.143. The Hall–Kier alpha value is -2.54. The van der Waals surface area contributed by atoms with Crippen LogP contribution in [0.1, 0.15) is 57.2 Å². The Morgan fingerprint density at radius 1 is 0.949 bits per heavy atom. The Bertz CT molecular complexity index is 1290. The summed E-state index contributed by atoms with van der Waals surface area (Å²) in [5.41, 5.74) is 2.36. The molecule has 0 radical (unpaired) electrons. The van der Waals surface area contributed by atoms with Crippen molar-refractivity contribution in [3.05, 3.63) is 97.9 Å². The zero-order valence-electron chi connectivity index (χ0n) is 22.9. The maximum Gasteiger partial charge on any atom is 0.261 e. The first kappa shape index (κ1) is 31.0. The lowest BCUT2D eigenvalue weighted by Crippen LogP contribution is -2.55. The molecular formula is C31H35BrCl2N2O3. The molecule has 2 amide bonds. The third-order valence-electron chi connectivity index (χ3n) is 6.08. The van der Waals surface area contributed by atoms with Crippen molar-refractivity contribution in [1.29, 1.82) is 0 Å². The average Bonchev–Trinajstić information content (AvgIpc) is 2.86. The zero-order valence-corrected chi connectivity index (χ0v) is 26.0. The number of halogens is 3. The second-order valence-electron chi connectivity index (χ2n) is 10.8. The molecule has 1 N–H and O–H groups in total. The molecule has 0 saturated heterocycles. The maximum atomic E-state index is 13.8. The highest BCUT2D eigenvalue weighted by molar-refractivity contribution is 9.10. The summed E-state index contributed by atoms with van der Waals surface area (Å²) in [6, 6.07) is 19.9. The second kappa shape index (κ2) is 13.7. The molecule has 8 heteroatoms. The Labute approximate surface area is 250 Å². The van der Waals surface area contributed by atoms with Gasteiger partial charge in [-0.05, 0) is 83.6 Å². The lowest BCUT2D eigenvalue weighted by Gasteiger charge is -2.34. The van der Waals surface area contributed by atoms with Crippen LogP contribution in [0.5, 0.6) is 5.75 Å². The fourth-order valence-corrected chi connectivity index (χ4v) is 4.89. The minimum Gasteiger partial charge on any atom is -0.483 e. The normalized spacial score (nSPS) is 12.2. The minimum atomic E-state index is -0.788. The molecule has 208 valence electrons. The molecule has 39 heavy (non-hydrogen) atoms. The van der Waals surface area contributed by atoms with E-state index in [-0.39, 0.29) is 25.0 Å². The van der Waals surface area contributed by atoms with E-state index in [1.54, 1.807) is 23.1 Å². The van der Waals surface area contributed by atoms with Crippen molar-refractivity contribution in [2.75, 3.05) is 6.61 Å². The molecule has 0 aromatic heterocycles. The van der Waals surface area contributed by atoms with E-state index in [2.05, 4.69) is 35.1 Å². The predicted molar refractivity (Wildman–Crippen MR) is 163 cm³/mol. The van der Waals surface area contributed by atoms with Gasteiger partial charge >= 0.3 is 0 Å². The van der Waals surface area contributed by atoms with Crippen LogP contribution >= 0.6 is 39.1 Å². The molecule has 0 fully saturated rings. The first-order valence-corrected chi connectivity index (χ1v) is 14.4. The Balaban J connectivity index is 1.95. The van der Waals surface area contributed by atoms with Crippen molar-refractivity contribution >= 4 is 50.9 Å². The number of amides is 2. The number of nitrogens with one attached hydrogen (secondary N) is 1. The molecule has 0 aliphatic carbocycles. The van der Waals surface area contributed by atoms with Crippen LogP contribution in [0.25, 0.3) is 0 Å². The second-order valence-corrected chi connectivity index (χ2v) is 12.5. The molecule has 0 aliphatic rings. The summed E-state index contributed by atoms with van der Waals surface area (Å²) in [6.07, 6.45) is 0.336. The molecular weight excluding hydrogens is 599 g/mol. The van der Waals surface area contributed by atoms with Gasteiger partial charge in [-0.15, -0.1) is 0 Å². The van der Waals surface area contributed by atoms with Crippen LogP contribution < -0.4 is 10.1 Å². The highest BCUT2D eigenvalue weighted by Gasteiger charge is 2.32. The number of ether oxygens (including phenoxy) is 1. The Morgan fingerprint density at radius 2 is 1.64 bits per heavy atom. The summed E-state index contributed by atoms with van der Waals surface area (Å²) >= 11 is 16.0. The molecule has 0 unspecified atom stereocenters. The van der Waals surface area contributed by atoms with Gasteiger partial charge in [-0.3, -0.25) is 9.59 Å². The van der Waals surface area contributed by atoms with E-state index >= 15 is 0 Å². The first-order chi connectivity index (χ1) is 18.3. The highest BCUT2D eigenvalue weighted by Crippen LogP contribution is 2.29. The smallest absolute Gasteiger partial charge is 0.261 e. The zero-order chi connectivity index (χ0) is 28.7. The quantitative estimate of drug-likeness (QED) is 0.248. The minimum absolute atomic E-state index is 0.154. The van der Waals surface area contributed by atoms with Gasteiger partial charge in [-0.1, -0.05) is 79.5 Å². The molecule has 3 rings (SSSR count). The van der Waals surface area contributed by atoms with E-state index in [1.807, 2.05) is 69.3 Å². The molecule has 0 aliphatic heterocycles. The van der Waals surface area contributed by atoms with Crippen molar-refractivity contribution in [3.8, 4) is 5.75 Å². The lowest BCUT2D eigenvalue weighted by atomic mass is 10.0. The topological polar surface area (TPSA) is 58.6 Å². The van der Waals surface area contributed by atoms with Crippen LogP contribution in [0.4, 0.5) is 0 Å². The molecule has 0 heterocycles. The molecule has 5 nitrogen and oxygen atoms in total. The summed E-state index contributed by atoms with van der Waals surface area (Å²) in [7, 11) is 0. The van der Waals surface area contributed by atoms with E-state index in [4.69, 9.17) is 27.9 Å². The van der Waals surface area contributed by atoms with Crippen molar-refractivity contribution in [3.63, 3.8) is 0 Å². The van der Waals surface area contributed by atoms with Gasteiger partial charge in [0.2, 0.25) is 5.91 Å². The van der Waals surface area contributed by atoms with Gasteiger partial charge in [-0.25, -0.2) is 0 Å². The van der Waals surface area contributed by atoms with E-state index in [0.29, 0.717) is 28.1 Å². The summed E-state index contributed by atoms with van der Waals surface area (Å²) < 4.78 is 6.73. The van der Waals surface area contributed by atoms with Gasteiger partial charge in [0.05, 0.1) is 14.5 Å². The van der Waals surface area contributed by atoms with Gasteiger partial charge in [0.15, 0.2) is 6.61 Å². The number of carbonyl (C=O) groups excluding carboxylic acids is 2. The molecule has 0 spiro atoms. The van der Waals surface area contributed by atoms with Crippen LogP contribution in [0.15, 0.2) is 71.2 Å². The van der Waals surface area contributed by atoms with Gasteiger partial charge in [-0.2, -0.15) is 0 Å². The van der Waals surface area contributed by atoms with Crippen LogP contribution in [-0.4, -0.2) is 34.9 Å². The highest BCUT2D eigenvalue weighted by atomic mass is 79.9. The summed E-state index contributed by atoms with van der Waals surface area (Å²) in [5, 5.41) is 3.85. The number of hydrogen-bond donors (Lipinski definition) is 1. The fourth-order valence-electron chi connectivity index (χ4n) is 4.06. The third-order valence-corrected chi connectivity index (χ3v) is 7.44. The first-order valence-electron chi connectivity index (χ1n) is 12.9. The fraction of sp³-hybridized carbons (Fsp3) is 0.355.